The lowest BCUT2D eigenvalue weighted by Crippen LogP contribution is -1.84. The minimum atomic E-state index is 1.24. The number of hydrogen-bond acceptors (Lipinski definition) is 1. The molecule has 42 valence electrons. The molecule has 0 fully saturated rings. The van der Waals surface area contributed by atoms with Crippen molar-refractivity contribution < 1.29 is 0 Å². The molecule has 0 saturated carbocycles. The summed E-state index contributed by atoms with van der Waals surface area (Å²) in [7, 11) is 2.66. The van der Waals surface area contributed by atoms with Gasteiger partial charge in [0.15, 0.2) is 0 Å². The fourth-order valence-electron chi connectivity index (χ4n) is 0.497. The predicted octanol–water partition coefficient (Wildman–Crippen LogP) is 1.89. The van der Waals surface area contributed by atoms with Crippen LogP contribution in [0.5, 0.6) is 0 Å². The average Bonchev–Trinajstić information content (AvgIpc) is 2.14. The third kappa shape index (κ3) is 0.988. The first kappa shape index (κ1) is 6.00. The van der Waals surface area contributed by atoms with E-state index >= 15 is 0 Å². The highest BCUT2D eigenvalue weighted by atomic mass is 32.1. The molecule has 0 aromatic carbocycles. The van der Waals surface area contributed by atoms with E-state index in [0.717, 1.165) is 0 Å². The van der Waals surface area contributed by atoms with Crippen molar-refractivity contribution in [3.05, 3.63) is 22.9 Å². The minimum Gasteiger partial charge on any atom is -0.144 e. The molecule has 1 aromatic heterocycles. The molecular weight excluding hydrogens is 135 g/mol. The van der Waals surface area contributed by atoms with E-state index in [1.54, 1.807) is 11.3 Å². The molecule has 1 rings (SSSR count). The molecule has 0 saturated heterocycles. The Kier molecular flexibility index (Phi) is 1.82. The summed E-state index contributed by atoms with van der Waals surface area (Å²) in [6.45, 7) is 3.66. The van der Waals surface area contributed by atoms with Gasteiger partial charge in [0, 0.05) is 4.88 Å². The number of rotatable bonds is 1. The van der Waals surface area contributed by atoms with Gasteiger partial charge in [-0.05, 0) is 16.8 Å². The van der Waals surface area contributed by atoms with Crippen molar-refractivity contribution in [1.29, 1.82) is 0 Å². The molecule has 0 bridgehead atoms. The van der Waals surface area contributed by atoms with Gasteiger partial charge in [-0.1, -0.05) is 12.7 Å². The lowest BCUT2D eigenvalue weighted by Gasteiger charge is -1.82. The summed E-state index contributed by atoms with van der Waals surface area (Å²) in [5.41, 5.74) is 0. The molecule has 1 unspecified atom stereocenters. The molecule has 1 heterocycles. The summed E-state index contributed by atoms with van der Waals surface area (Å²) in [5, 5.41) is 3.30. The highest BCUT2D eigenvalue weighted by Gasteiger charge is 1.90. The van der Waals surface area contributed by atoms with E-state index in [1.807, 2.05) is 6.08 Å². The second-order valence-corrected chi connectivity index (χ2v) is 3.01. The van der Waals surface area contributed by atoms with E-state index in [1.165, 1.54) is 10.2 Å². The summed E-state index contributed by atoms with van der Waals surface area (Å²) in [5.74, 6) is 0. The average molecular weight is 142 g/mol. The van der Waals surface area contributed by atoms with Gasteiger partial charge in [-0.15, -0.1) is 20.6 Å². The van der Waals surface area contributed by atoms with Gasteiger partial charge in [0.25, 0.3) is 0 Å². The Morgan fingerprint density at radius 3 is 2.75 bits per heavy atom. The smallest absolute Gasteiger partial charge is 0.0335 e. The van der Waals surface area contributed by atoms with E-state index < -0.39 is 0 Å². The van der Waals surface area contributed by atoms with E-state index in [2.05, 4.69) is 27.3 Å². The zero-order valence-electron chi connectivity index (χ0n) is 4.42. The van der Waals surface area contributed by atoms with Crippen molar-refractivity contribution in [2.24, 2.45) is 0 Å². The molecule has 0 aliphatic carbocycles. The molecule has 8 heavy (non-hydrogen) atoms. The molecule has 1 aromatic rings. The zero-order chi connectivity index (χ0) is 5.98. The second-order valence-electron chi connectivity index (χ2n) is 1.44. The Hall–Kier alpha value is -0.130. The lowest BCUT2D eigenvalue weighted by molar-refractivity contribution is 2.11. The van der Waals surface area contributed by atoms with Crippen LogP contribution in [0.2, 0.25) is 0 Å². The van der Waals surface area contributed by atoms with Gasteiger partial charge in [0.05, 0.1) is 0 Å². The van der Waals surface area contributed by atoms with Crippen molar-refractivity contribution in [2.45, 2.75) is 0 Å². The standard InChI is InChI=1S/C6H7PS/c1-2-6-5(7)3-4-8-6/h2-4H,1,7H2. The maximum absolute atomic E-state index is 3.66. The van der Waals surface area contributed by atoms with Crippen LogP contribution < -0.4 is 5.30 Å². The van der Waals surface area contributed by atoms with Gasteiger partial charge < -0.3 is 0 Å². The van der Waals surface area contributed by atoms with E-state index in [9.17, 15) is 0 Å². The van der Waals surface area contributed by atoms with Crippen LogP contribution in [-0.4, -0.2) is 0 Å². The third-order valence-corrected chi connectivity index (χ3v) is 2.55. The minimum absolute atomic E-state index is 1.24. The van der Waals surface area contributed by atoms with Crippen molar-refractivity contribution in [3.8, 4) is 0 Å². The Balaban J connectivity index is 3.09. The van der Waals surface area contributed by atoms with Gasteiger partial charge >= 0.3 is 0 Å². The molecule has 2 heteroatoms. The molecule has 1 atom stereocenters. The Bertz CT molecular complexity index is 190. The van der Waals surface area contributed by atoms with Crippen molar-refractivity contribution >= 4 is 32.0 Å². The number of thiophene rings is 1. The summed E-state index contributed by atoms with van der Waals surface area (Å²) >= 11 is 1.71. The lowest BCUT2D eigenvalue weighted by atomic mass is 10.5. The Labute approximate surface area is 55.4 Å². The zero-order valence-corrected chi connectivity index (χ0v) is 6.40. The first-order valence-corrected chi connectivity index (χ1v) is 3.75. The first-order valence-electron chi connectivity index (χ1n) is 2.30. The summed E-state index contributed by atoms with van der Waals surface area (Å²) < 4.78 is 0. The largest absolute Gasteiger partial charge is 0.144 e. The highest BCUT2D eigenvalue weighted by molar-refractivity contribution is 7.30. The summed E-state index contributed by atoms with van der Waals surface area (Å²) in [4.78, 5) is 1.25. The maximum atomic E-state index is 3.66. The van der Waals surface area contributed by atoms with Gasteiger partial charge in [-0.25, -0.2) is 0 Å². The number of hydrogen-bond donors (Lipinski definition) is 0. The Morgan fingerprint density at radius 1 is 1.75 bits per heavy atom. The van der Waals surface area contributed by atoms with Gasteiger partial charge in [0.1, 0.15) is 0 Å². The van der Waals surface area contributed by atoms with Crippen LogP contribution in [0.4, 0.5) is 0 Å². The molecular formula is C6H7PS. The normalized spacial score (nSPS) is 9.12. The fraction of sp³-hybridized carbons (Fsp3) is 0. The van der Waals surface area contributed by atoms with Crippen LogP contribution in [0.1, 0.15) is 4.88 Å². The molecule has 0 aliphatic heterocycles. The van der Waals surface area contributed by atoms with Crippen molar-refractivity contribution in [1.82, 2.24) is 0 Å². The summed E-state index contributed by atoms with van der Waals surface area (Å²) in [6, 6.07) is 2.06. The van der Waals surface area contributed by atoms with Gasteiger partial charge in [-0.2, -0.15) is 0 Å². The molecule has 0 aliphatic rings. The molecule has 0 nitrogen and oxygen atoms in total. The second kappa shape index (κ2) is 2.43. The molecule has 0 N–H and O–H groups in total. The van der Waals surface area contributed by atoms with Crippen LogP contribution in [-0.2, 0) is 0 Å². The monoisotopic (exact) mass is 142 g/mol. The third-order valence-electron chi connectivity index (χ3n) is 0.913. The van der Waals surface area contributed by atoms with E-state index in [4.69, 9.17) is 0 Å². The highest BCUT2D eigenvalue weighted by Crippen LogP contribution is 2.09. The topological polar surface area (TPSA) is 0 Å². The SMILES string of the molecule is C=Cc1sccc1P. The van der Waals surface area contributed by atoms with E-state index in [0.29, 0.717) is 0 Å². The van der Waals surface area contributed by atoms with Crippen LogP contribution in [0.3, 0.4) is 0 Å². The van der Waals surface area contributed by atoms with E-state index in [-0.39, 0.29) is 0 Å². The quantitative estimate of drug-likeness (QED) is 0.525. The predicted molar refractivity (Wildman–Crippen MR) is 43.8 cm³/mol. The van der Waals surface area contributed by atoms with Crippen LogP contribution in [0, 0.1) is 0 Å². The van der Waals surface area contributed by atoms with Crippen LogP contribution in [0.25, 0.3) is 6.08 Å². The first-order chi connectivity index (χ1) is 3.84. The van der Waals surface area contributed by atoms with Gasteiger partial charge in [-0.3, -0.25) is 0 Å². The fourth-order valence-corrected chi connectivity index (χ4v) is 1.72. The van der Waals surface area contributed by atoms with Crippen molar-refractivity contribution in [3.63, 3.8) is 0 Å². The Morgan fingerprint density at radius 2 is 2.50 bits per heavy atom. The summed E-state index contributed by atoms with van der Waals surface area (Å²) in [6.07, 6.45) is 1.87. The van der Waals surface area contributed by atoms with Gasteiger partial charge in [0.2, 0.25) is 0 Å². The van der Waals surface area contributed by atoms with Crippen LogP contribution in [0.15, 0.2) is 18.0 Å². The van der Waals surface area contributed by atoms with Crippen molar-refractivity contribution in [2.75, 3.05) is 0 Å². The van der Waals surface area contributed by atoms with Crippen LogP contribution >= 0.6 is 20.6 Å². The maximum Gasteiger partial charge on any atom is 0.0335 e. The molecule has 0 radical (unpaired) electrons. The molecule has 0 spiro atoms. The molecule has 0 amide bonds.